The standard InChI is InChI=1S/C13H22O2/c1-9-4-5-11-8-15-12(14)6-7-13(11,3)10(9)2/h9-11H,4-8H2,1-3H3. The highest BCUT2D eigenvalue weighted by Gasteiger charge is 2.46. The number of fused-ring (bicyclic) bond motifs is 1. The van der Waals surface area contributed by atoms with Gasteiger partial charge in [0.15, 0.2) is 0 Å². The third-order valence-corrected chi connectivity index (χ3v) is 5.11. The lowest BCUT2D eigenvalue weighted by Gasteiger charge is -2.48. The van der Waals surface area contributed by atoms with Crippen LogP contribution in [0.25, 0.3) is 0 Å². The summed E-state index contributed by atoms with van der Waals surface area (Å²) in [4.78, 5) is 11.3. The molecule has 0 N–H and O–H groups in total. The zero-order valence-electron chi connectivity index (χ0n) is 10.1. The number of hydrogen-bond acceptors (Lipinski definition) is 2. The Kier molecular flexibility index (Phi) is 2.78. The molecule has 4 atom stereocenters. The lowest BCUT2D eigenvalue weighted by Crippen LogP contribution is -2.42. The average Bonchev–Trinajstić information content (AvgIpc) is 2.36. The minimum absolute atomic E-state index is 0.00507. The molecule has 0 aromatic carbocycles. The van der Waals surface area contributed by atoms with Gasteiger partial charge < -0.3 is 4.74 Å². The van der Waals surface area contributed by atoms with E-state index in [1.807, 2.05) is 0 Å². The molecule has 1 saturated carbocycles. The first-order valence-corrected chi connectivity index (χ1v) is 6.19. The van der Waals surface area contributed by atoms with Crippen LogP contribution in [0.15, 0.2) is 0 Å². The Labute approximate surface area is 92.4 Å². The molecule has 86 valence electrons. The summed E-state index contributed by atoms with van der Waals surface area (Å²) >= 11 is 0. The summed E-state index contributed by atoms with van der Waals surface area (Å²) in [6.45, 7) is 7.72. The van der Waals surface area contributed by atoms with Gasteiger partial charge in [-0.15, -0.1) is 0 Å². The molecular formula is C13H22O2. The predicted octanol–water partition coefficient (Wildman–Crippen LogP) is 3.01. The summed E-state index contributed by atoms with van der Waals surface area (Å²) in [6.07, 6.45) is 4.15. The van der Waals surface area contributed by atoms with Crippen molar-refractivity contribution in [3.05, 3.63) is 0 Å². The highest BCUT2D eigenvalue weighted by Crippen LogP contribution is 2.51. The summed E-state index contributed by atoms with van der Waals surface area (Å²) in [7, 11) is 0. The van der Waals surface area contributed by atoms with Gasteiger partial charge in [0, 0.05) is 6.42 Å². The van der Waals surface area contributed by atoms with Crippen molar-refractivity contribution in [2.24, 2.45) is 23.2 Å². The van der Waals surface area contributed by atoms with Crippen LogP contribution in [0, 0.1) is 23.2 Å². The van der Waals surface area contributed by atoms with Gasteiger partial charge in [-0.3, -0.25) is 4.79 Å². The third kappa shape index (κ3) is 1.79. The monoisotopic (exact) mass is 210 g/mol. The molecular weight excluding hydrogens is 188 g/mol. The SMILES string of the molecule is CC1CCC2COC(=O)CCC2(C)C1C. The first-order valence-electron chi connectivity index (χ1n) is 6.19. The topological polar surface area (TPSA) is 26.3 Å². The average molecular weight is 210 g/mol. The fourth-order valence-corrected chi connectivity index (χ4v) is 3.41. The molecule has 2 nitrogen and oxygen atoms in total. The maximum Gasteiger partial charge on any atom is 0.305 e. The van der Waals surface area contributed by atoms with Crippen molar-refractivity contribution in [1.82, 2.24) is 0 Å². The molecule has 1 aliphatic carbocycles. The first kappa shape index (κ1) is 11.0. The normalized spacial score (nSPS) is 46.6. The number of rotatable bonds is 0. The number of carbonyl (C=O) groups excluding carboxylic acids is 1. The number of ether oxygens (including phenoxy) is 1. The molecule has 0 spiro atoms. The minimum Gasteiger partial charge on any atom is -0.465 e. The van der Waals surface area contributed by atoms with E-state index >= 15 is 0 Å². The summed E-state index contributed by atoms with van der Waals surface area (Å²) in [5.74, 6) is 2.10. The van der Waals surface area contributed by atoms with E-state index in [1.165, 1.54) is 12.8 Å². The molecule has 0 amide bonds. The van der Waals surface area contributed by atoms with Crippen LogP contribution in [0.3, 0.4) is 0 Å². The zero-order valence-corrected chi connectivity index (χ0v) is 10.1. The fraction of sp³-hybridized carbons (Fsp3) is 0.923. The van der Waals surface area contributed by atoms with Gasteiger partial charge in [0.05, 0.1) is 6.61 Å². The van der Waals surface area contributed by atoms with Crippen LogP contribution in [0.1, 0.15) is 46.5 Å². The van der Waals surface area contributed by atoms with Gasteiger partial charge in [-0.2, -0.15) is 0 Å². The lowest BCUT2D eigenvalue weighted by molar-refractivity contribution is -0.144. The molecule has 15 heavy (non-hydrogen) atoms. The van der Waals surface area contributed by atoms with E-state index in [-0.39, 0.29) is 5.97 Å². The summed E-state index contributed by atoms with van der Waals surface area (Å²) in [5.41, 5.74) is 0.323. The Balaban J connectivity index is 2.21. The molecule has 4 unspecified atom stereocenters. The molecule has 1 heterocycles. The Morgan fingerprint density at radius 2 is 2.07 bits per heavy atom. The van der Waals surface area contributed by atoms with Crippen molar-refractivity contribution >= 4 is 5.97 Å². The minimum atomic E-state index is 0.00507. The second kappa shape index (κ2) is 3.80. The molecule has 2 heteroatoms. The maximum absolute atomic E-state index is 11.3. The van der Waals surface area contributed by atoms with E-state index in [1.54, 1.807) is 0 Å². The third-order valence-electron chi connectivity index (χ3n) is 5.11. The van der Waals surface area contributed by atoms with E-state index < -0.39 is 0 Å². The smallest absolute Gasteiger partial charge is 0.305 e. The second-order valence-electron chi connectivity index (χ2n) is 5.73. The Bertz CT molecular complexity index is 261. The molecule has 2 fully saturated rings. The van der Waals surface area contributed by atoms with Crippen molar-refractivity contribution < 1.29 is 9.53 Å². The highest BCUT2D eigenvalue weighted by molar-refractivity contribution is 5.69. The number of carbonyl (C=O) groups is 1. The van der Waals surface area contributed by atoms with Gasteiger partial charge in [-0.25, -0.2) is 0 Å². The largest absolute Gasteiger partial charge is 0.465 e. The van der Waals surface area contributed by atoms with Gasteiger partial charge in [0.25, 0.3) is 0 Å². The van der Waals surface area contributed by atoms with Gasteiger partial charge in [-0.1, -0.05) is 27.2 Å². The Morgan fingerprint density at radius 3 is 2.80 bits per heavy atom. The van der Waals surface area contributed by atoms with E-state index in [0.717, 1.165) is 12.3 Å². The number of esters is 1. The van der Waals surface area contributed by atoms with Gasteiger partial charge >= 0.3 is 5.97 Å². The van der Waals surface area contributed by atoms with Crippen LogP contribution in [0.5, 0.6) is 0 Å². The van der Waals surface area contributed by atoms with Gasteiger partial charge in [-0.05, 0) is 36.0 Å². The molecule has 0 radical (unpaired) electrons. The zero-order chi connectivity index (χ0) is 11.1. The molecule has 1 saturated heterocycles. The molecule has 0 aromatic rings. The predicted molar refractivity (Wildman–Crippen MR) is 59.4 cm³/mol. The number of cyclic esters (lactones) is 1. The molecule has 2 aliphatic rings. The van der Waals surface area contributed by atoms with E-state index in [2.05, 4.69) is 20.8 Å². The van der Waals surface area contributed by atoms with Crippen LogP contribution in [0.2, 0.25) is 0 Å². The van der Waals surface area contributed by atoms with Gasteiger partial charge in [0.1, 0.15) is 0 Å². The summed E-state index contributed by atoms with van der Waals surface area (Å²) in [6, 6.07) is 0. The van der Waals surface area contributed by atoms with Crippen LogP contribution in [-0.2, 0) is 9.53 Å². The van der Waals surface area contributed by atoms with Crippen LogP contribution < -0.4 is 0 Å². The van der Waals surface area contributed by atoms with E-state index in [0.29, 0.717) is 30.3 Å². The van der Waals surface area contributed by atoms with Crippen molar-refractivity contribution in [3.8, 4) is 0 Å². The number of hydrogen-bond donors (Lipinski definition) is 0. The molecule has 1 aliphatic heterocycles. The van der Waals surface area contributed by atoms with Crippen LogP contribution in [0.4, 0.5) is 0 Å². The fourth-order valence-electron chi connectivity index (χ4n) is 3.41. The Morgan fingerprint density at radius 1 is 1.33 bits per heavy atom. The molecule has 0 aromatic heterocycles. The summed E-state index contributed by atoms with van der Waals surface area (Å²) in [5, 5.41) is 0. The maximum atomic E-state index is 11.3. The van der Waals surface area contributed by atoms with Crippen molar-refractivity contribution in [2.45, 2.75) is 46.5 Å². The highest BCUT2D eigenvalue weighted by atomic mass is 16.5. The van der Waals surface area contributed by atoms with Crippen molar-refractivity contribution in [2.75, 3.05) is 6.61 Å². The van der Waals surface area contributed by atoms with Crippen LogP contribution in [-0.4, -0.2) is 12.6 Å². The lowest BCUT2D eigenvalue weighted by atomic mass is 9.57. The quantitative estimate of drug-likeness (QED) is 0.574. The summed E-state index contributed by atoms with van der Waals surface area (Å²) < 4.78 is 5.28. The molecule has 0 bridgehead atoms. The van der Waals surface area contributed by atoms with Crippen molar-refractivity contribution in [3.63, 3.8) is 0 Å². The van der Waals surface area contributed by atoms with Crippen molar-refractivity contribution in [1.29, 1.82) is 0 Å². The van der Waals surface area contributed by atoms with E-state index in [4.69, 9.17) is 4.74 Å². The van der Waals surface area contributed by atoms with Gasteiger partial charge in [0.2, 0.25) is 0 Å². The van der Waals surface area contributed by atoms with E-state index in [9.17, 15) is 4.79 Å². The van der Waals surface area contributed by atoms with Crippen LogP contribution >= 0.6 is 0 Å². The first-order chi connectivity index (χ1) is 7.04. The second-order valence-corrected chi connectivity index (χ2v) is 5.73. The Hall–Kier alpha value is -0.530. The molecule has 2 rings (SSSR count).